The van der Waals surface area contributed by atoms with Crippen molar-refractivity contribution in [2.75, 3.05) is 17.2 Å². The summed E-state index contributed by atoms with van der Waals surface area (Å²) in [4.78, 5) is 2.12. The number of nitriles is 1. The van der Waals surface area contributed by atoms with E-state index in [1.807, 2.05) is 24.3 Å². The van der Waals surface area contributed by atoms with Crippen molar-refractivity contribution in [1.82, 2.24) is 0 Å². The summed E-state index contributed by atoms with van der Waals surface area (Å²) in [6.45, 7) is 1.31. The van der Waals surface area contributed by atoms with E-state index in [2.05, 4.69) is 4.90 Å². The molecule has 2 aromatic rings. The third kappa shape index (κ3) is 2.08. The summed E-state index contributed by atoms with van der Waals surface area (Å²) >= 11 is 0. The number of nitrogens with zero attached hydrogens (tertiary/aromatic N) is 2. The Balaban J connectivity index is 1.90. The number of rotatable bonds is 2. The molecule has 3 nitrogen and oxygen atoms in total. The van der Waals surface area contributed by atoms with Crippen LogP contribution in [0.15, 0.2) is 36.4 Å². The molecular weight excluding hydrogens is 253 g/mol. The molecule has 1 heterocycles. The van der Waals surface area contributed by atoms with E-state index in [-0.39, 0.29) is 5.56 Å². The Labute approximate surface area is 117 Å². The molecule has 2 aromatic carbocycles. The van der Waals surface area contributed by atoms with Gasteiger partial charge in [0, 0.05) is 30.0 Å². The van der Waals surface area contributed by atoms with Gasteiger partial charge in [-0.3, -0.25) is 0 Å². The topological polar surface area (TPSA) is 53.0 Å². The minimum absolute atomic E-state index is 0.0965. The highest BCUT2D eigenvalue weighted by Gasteiger charge is 2.20. The summed E-state index contributed by atoms with van der Waals surface area (Å²) in [6, 6.07) is 12.6. The molecule has 3 rings (SSSR count). The highest BCUT2D eigenvalue weighted by atomic mass is 19.1. The van der Waals surface area contributed by atoms with Crippen molar-refractivity contribution in [1.29, 1.82) is 5.26 Å². The highest BCUT2D eigenvalue weighted by molar-refractivity contribution is 5.63. The summed E-state index contributed by atoms with van der Waals surface area (Å²) in [5.41, 5.74) is 9.47. The summed E-state index contributed by atoms with van der Waals surface area (Å²) < 4.78 is 14.1. The molecule has 0 fully saturated rings. The lowest BCUT2D eigenvalue weighted by Gasteiger charge is -2.20. The van der Waals surface area contributed by atoms with Crippen LogP contribution in [0.5, 0.6) is 0 Å². The molecule has 1 aliphatic rings. The monoisotopic (exact) mass is 267 g/mol. The third-order valence-electron chi connectivity index (χ3n) is 3.66. The Morgan fingerprint density at radius 2 is 2.15 bits per heavy atom. The normalized spacial score (nSPS) is 13.1. The Bertz CT molecular complexity index is 703. The maximum absolute atomic E-state index is 14.1. The molecule has 2 N–H and O–H groups in total. The van der Waals surface area contributed by atoms with Gasteiger partial charge in [-0.15, -0.1) is 0 Å². The van der Waals surface area contributed by atoms with E-state index in [9.17, 15) is 4.39 Å². The first-order valence-electron chi connectivity index (χ1n) is 6.50. The number of benzene rings is 2. The number of nitrogens with two attached hydrogens (primary N) is 1. The van der Waals surface area contributed by atoms with E-state index < -0.39 is 5.82 Å². The first kappa shape index (κ1) is 12.5. The predicted molar refractivity (Wildman–Crippen MR) is 76.7 cm³/mol. The van der Waals surface area contributed by atoms with Crippen LogP contribution >= 0.6 is 0 Å². The zero-order chi connectivity index (χ0) is 14.1. The van der Waals surface area contributed by atoms with E-state index in [4.69, 9.17) is 11.0 Å². The Kier molecular flexibility index (Phi) is 3.03. The fourth-order valence-corrected chi connectivity index (χ4v) is 2.65. The van der Waals surface area contributed by atoms with Gasteiger partial charge in [0.1, 0.15) is 11.9 Å². The molecule has 0 amide bonds. The van der Waals surface area contributed by atoms with Crippen molar-refractivity contribution < 1.29 is 4.39 Å². The number of fused-ring (bicyclic) bond motifs is 1. The lowest BCUT2D eigenvalue weighted by molar-refractivity contribution is 0.602. The summed E-state index contributed by atoms with van der Waals surface area (Å²) in [7, 11) is 0. The van der Waals surface area contributed by atoms with Gasteiger partial charge < -0.3 is 10.6 Å². The zero-order valence-corrected chi connectivity index (χ0v) is 10.9. The number of hydrogen-bond donors (Lipinski definition) is 1. The summed E-state index contributed by atoms with van der Waals surface area (Å²) in [5, 5.41) is 8.87. The lowest BCUT2D eigenvalue weighted by Crippen LogP contribution is -2.20. The van der Waals surface area contributed by atoms with Crippen LogP contribution < -0.4 is 10.6 Å². The van der Waals surface area contributed by atoms with Crippen LogP contribution in [0.4, 0.5) is 15.8 Å². The maximum Gasteiger partial charge on any atom is 0.145 e. The molecule has 0 bridgehead atoms. The molecule has 20 heavy (non-hydrogen) atoms. The van der Waals surface area contributed by atoms with Crippen molar-refractivity contribution in [3.63, 3.8) is 0 Å². The van der Waals surface area contributed by atoms with Crippen LogP contribution in [-0.2, 0) is 13.0 Å². The molecule has 0 aliphatic carbocycles. The average molecular weight is 267 g/mol. The van der Waals surface area contributed by atoms with Crippen LogP contribution in [0.25, 0.3) is 0 Å². The number of halogens is 1. The molecular formula is C16H14FN3. The van der Waals surface area contributed by atoms with Crippen LogP contribution in [-0.4, -0.2) is 6.54 Å². The van der Waals surface area contributed by atoms with Gasteiger partial charge in [0.05, 0.1) is 5.56 Å². The molecule has 0 saturated heterocycles. The number of nitrogen functional groups attached to an aromatic ring is 1. The van der Waals surface area contributed by atoms with Gasteiger partial charge in [-0.2, -0.15) is 5.26 Å². The largest absolute Gasteiger partial charge is 0.399 e. The first-order valence-corrected chi connectivity index (χ1v) is 6.50. The Hall–Kier alpha value is -2.54. The van der Waals surface area contributed by atoms with E-state index >= 15 is 0 Å². The van der Waals surface area contributed by atoms with Crippen LogP contribution in [0.2, 0.25) is 0 Å². The first-order chi connectivity index (χ1) is 9.69. The molecule has 0 atom stereocenters. The number of anilines is 2. The second-order valence-electron chi connectivity index (χ2n) is 4.95. The lowest BCUT2D eigenvalue weighted by atomic mass is 10.1. The molecule has 0 saturated carbocycles. The molecule has 0 spiro atoms. The molecule has 1 aliphatic heterocycles. The Morgan fingerprint density at radius 1 is 1.30 bits per heavy atom. The van der Waals surface area contributed by atoms with Crippen molar-refractivity contribution in [2.24, 2.45) is 0 Å². The summed E-state index contributed by atoms with van der Waals surface area (Å²) in [6.07, 6.45) is 0.917. The van der Waals surface area contributed by atoms with E-state index in [1.165, 1.54) is 11.6 Å². The van der Waals surface area contributed by atoms with Crippen LogP contribution in [0, 0.1) is 17.1 Å². The van der Waals surface area contributed by atoms with Gasteiger partial charge in [-0.1, -0.05) is 12.1 Å². The molecule has 4 heteroatoms. The van der Waals surface area contributed by atoms with Crippen molar-refractivity contribution in [2.45, 2.75) is 13.0 Å². The quantitative estimate of drug-likeness (QED) is 0.851. The van der Waals surface area contributed by atoms with Gasteiger partial charge in [-0.25, -0.2) is 4.39 Å². The van der Waals surface area contributed by atoms with Gasteiger partial charge >= 0.3 is 0 Å². The van der Waals surface area contributed by atoms with Crippen molar-refractivity contribution in [3.05, 3.63) is 58.9 Å². The average Bonchev–Trinajstić information content (AvgIpc) is 2.83. The molecule has 0 aromatic heterocycles. The van der Waals surface area contributed by atoms with Crippen molar-refractivity contribution >= 4 is 11.4 Å². The smallest absolute Gasteiger partial charge is 0.145 e. The third-order valence-corrected chi connectivity index (χ3v) is 3.66. The molecule has 0 unspecified atom stereocenters. The molecule has 0 radical (unpaired) electrons. The standard InChI is InChI=1S/C16H14FN3/c17-16-12(9-18)2-1-3-13(16)10-20-7-6-11-8-14(19)4-5-15(11)20/h1-5,8H,6-7,10,19H2. The highest BCUT2D eigenvalue weighted by Crippen LogP contribution is 2.31. The van der Waals surface area contributed by atoms with Gasteiger partial charge in [0.25, 0.3) is 0 Å². The SMILES string of the molecule is N#Cc1cccc(CN2CCc3cc(N)ccc32)c1F. The number of hydrogen-bond acceptors (Lipinski definition) is 3. The second kappa shape index (κ2) is 4.86. The van der Waals surface area contributed by atoms with Crippen LogP contribution in [0.1, 0.15) is 16.7 Å². The maximum atomic E-state index is 14.1. The summed E-state index contributed by atoms with van der Waals surface area (Å²) in [5.74, 6) is -0.418. The fourth-order valence-electron chi connectivity index (χ4n) is 2.65. The van der Waals surface area contributed by atoms with Gasteiger partial charge in [0.2, 0.25) is 0 Å². The van der Waals surface area contributed by atoms with E-state index in [1.54, 1.807) is 12.1 Å². The van der Waals surface area contributed by atoms with E-state index in [0.29, 0.717) is 12.1 Å². The van der Waals surface area contributed by atoms with Gasteiger partial charge in [0.15, 0.2) is 0 Å². The minimum atomic E-state index is -0.418. The minimum Gasteiger partial charge on any atom is -0.399 e. The molecule has 100 valence electrons. The second-order valence-corrected chi connectivity index (χ2v) is 4.95. The van der Waals surface area contributed by atoms with Crippen molar-refractivity contribution in [3.8, 4) is 6.07 Å². The van der Waals surface area contributed by atoms with E-state index in [0.717, 1.165) is 24.3 Å². The fraction of sp³-hybridized carbons (Fsp3) is 0.188. The predicted octanol–water partition coefficient (Wildman–Crippen LogP) is 2.84. The zero-order valence-electron chi connectivity index (χ0n) is 10.9. The van der Waals surface area contributed by atoms with Crippen LogP contribution in [0.3, 0.4) is 0 Å². The van der Waals surface area contributed by atoms with Gasteiger partial charge in [-0.05, 0) is 36.2 Å². The Morgan fingerprint density at radius 3 is 2.95 bits per heavy atom.